The predicted molar refractivity (Wildman–Crippen MR) is 522 cm³/mol. The number of Topliss-reactive ketones (excluding diaryl/α,β-unsaturated/α-hetero) is 8. The molecule has 0 amide bonds. The standard InChI is InChI=1S/C35H25NO3.C29H25NO3.C27H23NO3.C25H21NO3/c1-24-22-26(33-34(37)31-14-8-9-15-32(31)35(33)38)23-30(39-24)21-18-25-16-19-29(20-17-25)36(27-10-4-2-5-11-27)28-12-6-3-7-13-28;1-18-14-22(26-28(31)24-8-2-3-9-25(24)29(26)32)17-23(33-18)11-10-19-15-20-6-4-12-30-13-5-7-21(16-19)27(20)30;1-17-14-20(25-26(29)22-7-3-4-8-23(22)27(25)30)16-21(31-17)11-9-18-10-12-24-19(15-18)6-5-13-28(24)2;1-16-14-18(23-24(27)21-6-4-5-7-22(21)25(23)28)15-20(29-16)13-10-17-8-11-19(12-9-17)26(2)3/h2-23H,1H3;2-3,8-11,14-17H,4-7,12-13H2,1H3;3-4,7-12,14-16H,5-6,13H2,1-2H3;4-15H,1-3H3/b;11-10+;11-9+;13-10+. The molecule has 11 aliphatic rings. The van der Waals surface area contributed by atoms with Crippen molar-refractivity contribution in [2.45, 2.75) is 66.2 Å². The van der Waals surface area contributed by atoms with Gasteiger partial charge in [-0.25, -0.2) is 0 Å². The minimum atomic E-state index is -0.242. The van der Waals surface area contributed by atoms with Crippen molar-refractivity contribution in [3.63, 3.8) is 0 Å². The van der Waals surface area contributed by atoms with Crippen LogP contribution in [0.25, 0.3) is 24.3 Å². The third kappa shape index (κ3) is 18.1. The van der Waals surface area contributed by atoms with Crippen molar-refractivity contribution in [3.05, 3.63) is 484 Å². The molecule has 0 spiro atoms. The third-order valence-electron chi connectivity index (χ3n) is 24.5. The number of allylic oxidation sites excluding steroid dienone is 24. The van der Waals surface area contributed by atoms with Crippen LogP contribution in [0, 0.1) is 0 Å². The van der Waals surface area contributed by atoms with Crippen LogP contribution in [0.5, 0.6) is 0 Å². The topological polar surface area (TPSA) is 186 Å². The van der Waals surface area contributed by atoms with E-state index in [-0.39, 0.29) is 68.6 Å². The fourth-order valence-corrected chi connectivity index (χ4v) is 18.4. The lowest BCUT2D eigenvalue weighted by atomic mass is 9.90. The molecular formula is C116H94N4O12. The Morgan fingerprint density at radius 1 is 0.280 bits per heavy atom. The van der Waals surface area contributed by atoms with Crippen LogP contribution in [0.3, 0.4) is 0 Å². The molecule has 0 saturated heterocycles. The maximum atomic E-state index is 13.0. The highest BCUT2D eigenvalue weighted by Gasteiger charge is 2.40. The second-order valence-electron chi connectivity index (χ2n) is 34.0. The number of aryl methyl sites for hydroxylation is 3. The Balaban J connectivity index is 0.000000119. The Morgan fingerprint density at radius 2 is 0.553 bits per heavy atom. The first-order valence-electron chi connectivity index (χ1n) is 44.4. The Bertz CT molecular complexity index is 6860. The van der Waals surface area contributed by atoms with Gasteiger partial charge in [0.1, 0.15) is 46.1 Å². The molecule has 650 valence electrons. The van der Waals surface area contributed by atoms with Crippen molar-refractivity contribution >= 4 is 105 Å². The second-order valence-corrected chi connectivity index (χ2v) is 34.0. The highest BCUT2D eigenvalue weighted by molar-refractivity contribution is 6.42. The fraction of sp³-hybridized carbons (Fsp3) is 0.138. The number of nitrogens with zero attached hydrogens (tertiary/aromatic N) is 4. The zero-order valence-electron chi connectivity index (χ0n) is 74.3. The average Bonchev–Trinajstić information content (AvgIpc) is 1.56. The minimum absolute atomic E-state index is 0.191. The summed E-state index contributed by atoms with van der Waals surface area (Å²) in [6.07, 6.45) is 36.5. The molecule has 132 heavy (non-hydrogen) atoms. The van der Waals surface area contributed by atoms with Gasteiger partial charge in [0.2, 0.25) is 0 Å². The van der Waals surface area contributed by atoms with Crippen LogP contribution < -0.4 is 19.6 Å². The molecule has 0 saturated carbocycles. The maximum absolute atomic E-state index is 13.0. The number of ether oxygens (including phenoxy) is 4. The molecule has 21 rings (SSSR count). The number of anilines is 6. The monoisotopic (exact) mass is 1730 g/mol. The number of ketones is 8. The zero-order chi connectivity index (χ0) is 91.4. The van der Waals surface area contributed by atoms with Gasteiger partial charge < -0.3 is 38.5 Å². The molecule has 7 aliphatic heterocycles. The summed E-state index contributed by atoms with van der Waals surface area (Å²) < 4.78 is 23.4. The molecule has 10 aromatic rings. The van der Waals surface area contributed by atoms with E-state index in [0.717, 1.165) is 71.7 Å². The van der Waals surface area contributed by atoms with Gasteiger partial charge in [-0.2, -0.15) is 0 Å². The first-order valence-corrected chi connectivity index (χ1v) is 44.4. The summed E-state index contributed by atoms with van der Waals surface area (Å²) in [5.41, 5.74) is 22.5. The van der Waals surface area contributed by atoms with Crippen molar-refractivity contribution in [1.82, 2.24) is 0 Å². The molecule has 0 bridgehead atoms. The average molecular weight is 1740 g/mol. The zero-order valence-corrected chi connectivity index (χ0v) is 74.3. The lowest BCUT2D eigenvalue weighted by Crippen LogP contribution is -2.34. The number of carbonyl (C=O) groups excluding carboxylic acids is 8. The normalized spacial score (nSPS) is 16.9. The Kier molecular flexibility index (Phi) is 24.7. The van der Waals surface area contributed by atoms with Gasteiger partial charge in [-0.05, 0) is 273 Å². The number of benzene rings is 10. The van der Waals surface area contributed by atoms with Crippen LogP contribution in [0.1, 0.15) is 169 Å². The summed E-state index contributed by atoms with van der Waals surface area (Å²) in [5, 5.41) is 0. The Labute approximate surface area is 767 Å². The lowest BCUT2D eigenvalue weighted by molar-refractivity contribution is 0.0972. The lowest BCUT2D eigenvalue weighted by Gasteiger charge is -2.37. The van der Waals surface area contributed by atoms with Crippen molar-refractivity contribution < 1.29 is 57.3 Å². The number of carbonyl (C=O) groups is 8. The van der Waals surface area contributed by atoms with E-state index in [2.05, 4.69) is 107 Å². The van der Waals surface area contributed by atoms with E-state index in [1.54, 1.807) is 146 Å². The van der Waals surface area contributed by atoms with Crippen LogP contribution in [-0.4, -0.2) is 87.0 Å². The molecule has 16 heteroatoms. The SMILES string of the molecule is CC1=CC(=C2C(=O)c3ccccc3C2=O)C=C(/C=C/c2cc3c4c(c2)CCCN4CCC3)O1.CC1=CC(=C2C(=O)c3ccccc3C2=O)C=C(/C=C/c2ccc(N(C)C)cc2)O1.CC1=CC(=C2C(=O)c3ccccc3C2=O)C=C(/C=C/c2ccc3c(c2)CCCN3C)O1.CC1=CC(=C2C(=O)c3ccccc3C2=O)C=C(C=Cc2ccc(N(c3ccccc3)c3ccccc3)cc2)O1. The summed E-state index contributed by atoms with van der Waals surface area (Å²) in [6, 6.07) is 75.9. The van der Waals surface area contributed by atoms with E-state index in [9.17, 15) is 38.4 Å². The molecule has 16 nitrogen and oxygen atoms in total. The van der Waals surface area contributed by atoms with Crippen molar-refractivity contribution in [1.29, 1.82) is 0 Å². The van der Waals surface area contributed by atoms with Crippen molar-refractivity contribution in [3.8, 4) is 0 Å². The van der Waals surface area contributed by atoms with Crippen LogP contribution in [0.15, 0.2) is 400 Å². The number of para-hydroxylation sites is 2. The minimum Gasteiger partial charge on any atom is -0.462 e. The van der Waals surface area contributed by atoms with Gasteiger partial charge in [-0.15, -0.1) is 0 Å². The van der Waals surface area contributed by atoms with Gasteiger partial charge in [0, 0.05) is 119 Å². The number of hydrogen-bond donors (Lipinski definition) is 0. The van der Waals surface area contributed by atoms with E-state index >= 15 is 0 Å². The van der Waals surface area contributed by atoms with Crippen LogP contribution in [-0.2, 0) is 38.2 Å². The highest BCUT2D eigenvalue weighted by Crippen LogP contribution is 2.42. The maximum Gasteiger partial charge on any atom is 0.198 e. The summed E-state index contributed by atoms with van der Waals surface area (Å²) in [7, 11) is 6.13. The molecule has 0 fully saturated rings. The molecule has 0 atom stereocenters. The van der Waals surface area contributed by atoms with Crippen LogP contribution in [0.2, 0.25) is 0 Å². The molecular weight excluding hydrogens is 1640 g/mol. The summed E-state index contributed by atoms with van der Waals surface area (Å²) in [6.45, 7) is 10.7. The summed E-state index contributed by atoms with van der Waals surface area (Å²) in [4.78, 5) is 112. The van der Waals surface area contributed by atoms with E-state index in [1.807, 2.05) is 150 Å². The van der Waals surface area contributed by atoms with Gasteiger partial charge in [0.25, 0.3) is 0 Å². The summed E-state index contributed by atoms with van der Waals surface area (Å²) >= 11 is 0. The van der Waals surface area contributed by atoms with E-state index in [4.69, 9.17) is 18.9 Å². The quantitative estimate of drug-likeness (QED) is 0.0829. The van der Waals surface area contributed by atoms with Crippen LogP contribution in [0.4, 0.5) is 34.1 Å². The summed E-state index contributed by atoms with van der Waals surface area (Å²) in [5.74, 6) is 3.12. The Hall–Kier alpha value is -16.2. The smallest absolute Gasteiger partial charge is 0.198 e. The fourth-order valence-electron chi connectivity index (χ4n) is 18.4. The van der Waals surface area contributed by atoms with Gasteiger partial charge in [0.05, 0.1) is 22.3 Å². The first kappa shape index (κ1) is 86.5. The van der Waals surface area contributed by atoms with E-state index < -0.39 is 0 Å². The number of rotatable bonds is 12. The molecule has 0 N–H and O–H groups in total. The van der Waals surface area contributed by atoms with Gasteiger partial charge in [-0.1, -0.05) is 188 Å². The van der Waals surface area contributed by atoms with Crippen molar-refractivity contribution in [2.75, 3.05) is 60.4 Å². The highest BCUT2D eigenvalue weighted by atomic mass is 16.5. The number of fused-ring (bicyclic) bond motifs is 5. The molecule has 10 aromatic carbocycles. The molecule has 4 aliphatic carbocycles. The van der Waals surface area contributed by atoms with Gasteiger partial charge >= 0.3 is 0 Å². The largest absolute Gasteiger partial charge is 0.462 e. The van der Waals surface area contributed by atoms with E-state index in [1.165, 1.54) is 59.6 Å². The molecule has 7 heterocycles. The van der Waals surface area contributed by atoms with Crippen LogP contribution >= 0.6 is 0 Å². The van der Waals surface area contributed by atoms with Crippen molar-refractivity contribution in [2.24, 2.45) is 0 Å². The van der Waals surface area contributed by atoms with Gasteiger partial charge in [0.15, 0.2) is 46.3 Å². The van der Waals surface area contributed by atoms with Gasteiger partial charge in [-0.3, -0.25) is 38.4 Å². The molecule has 0 unspecified atom stereocenters. The second kappa shape index (κ2) is 37.6. The van der Waals surface area contributed by atoms with E-state index in [0.29, 0.717) is 113 Å². The molecule has 0 aromatic heterocycles. The predicted octanol–water partition coefficient (Wildman–Crippen LogP) is 24.2. The molecule has 0 radical (unpaired) electrons. The Morgan fingerprint density at radius 3 is 0.886 bits per heavy atom. The first-order chi connectivity index (χ1) is 64.1. The third-order valence-corrected chi connectivity index (χ3v) is 24.5. The number of hydrogen-bond acceptors (Lipinski definition) is 16.